The van der Waals surface area contributed by atoms with Gasteiger partial charge in [0, 0.05) is 5.56 Å². The summed E-state index contributed by atoms with van der Waals surface area (Å²) < 4.78 is 29.1. The highest BCUT2D eigenvalue weighted by Crippen LogP contribution is 2.36. The number of ether oxygens (including phenoxy) is 5. The topological polar surface area (TPSA) is 87.6 Å². The van der Waals surface area contributed by atoms with E-state index in [1.807, 2.05) is 85.8 Å². The second kappa shape index (κ2) is 17.1. The van der Waals surface area contributed by atoms with Gasteiger partial charge >= 0.3 is 0 Å². The molecule has 48 heavy (non-hydrogen) atoms. The second-order valence-corrected chi connectivity index (χ2v) is 11.2. The number of benzene rings is 5. The van der Waals surface area contributed by atoms with E-state index in [2.05, 4.69) is 10.5 Å². The highest BCUT2D eigenvalue weighted by molar-refractivity contribution is 6.37. The van der Waals surface area contributed by atoms with Crippen molar-refractivity contribution < 1.29 is 28.5 Å². The molecule has 0 spiro atoms. The molecule has 10 heteroatoms. The third-order valence-electron chi connectivity index (χ3n) is 6.99. The zero-order chi connectivity index (χ0) is 33.7. The van der Waals surface area contributed by atoms with Crippen LogP contribution in [0.4, 0.5) is 0 Å². The van der Waals surface area contributed by atoms with Gasteiger partial charge in [0.2, 0.25) is 0 Å². The Labute approximate surface area is 289 Å². The van der Waals surface area contributed by atoms with E-state index in [0.717, 1.165) is 16.7 Å². The first-order valence-corrected chi connectivity index (χ1v) is 15.9. The number of amides is 1. The molecular formula is C38H34Cl2N2O6. The molecule has 8 nitrogen and oxygen atoms in total. The van der Waals surface area contributed by atoms with Gasteiger partial charge in [-0.1, -0.05) is 89.9 Å². The lowest BCUT2D eigenvalue weighted by atomic mass is 10.2. The molecule has 0 aromatic heterocycles. The Morgan fingerprint density at radius 2 is 1.25 bits per heavy atom. The Hall–Kier alpha value is -5.18. The summed E-state index contributed by atoms with van der Waals surface area (Å²) in [6.45, 7) is 3.26. The molecule has 0 atom stereocenters. The lowest BCUT2D eigenvalue weighted by molar-refractivity contribution is 0.0954. The molecule has 0 unspecified atom stereocenters. The van der Waals surface area contributed by atoms with Gasteiger partial charge in [-0.05, 0) is 71.6 Å². The predicted octanol–water partition coefficient (Wildman–Crippen LogP) is 8.90. The molecule has 0 aliphatic carbocycles. The van der Waals surface area contributed by atoms with E-state index < -0.39 is 5.91 Å². The average Bonchev–Trinajstić information content (AvgIpc) is 3.11. The standard InChI is InChI=1S/C38H34Cl2N2O6/c1-3-45-36-21-30(15-17-34(36)47-24-27-12-8-5-9-13-27)38(43)42-41-22-29-18-31(39)37(32(40)19-29)48-25-28-14-16-33(35(20-28)44-2)46-23-26-10-6-4-7-11-26/h4-22H,3,23-25H2,1-2H3,(H,42,43)/b41-22+. The van der Waals surface area contributed by atoms with Crippen molar-refractivity contribution >= 4 is 35.3 Å². The van der Waals surface area contributed by atoms with Crippen molar-refractivity contribution in [2.24, 2.45) is 5.10 Å². The fraction of sp³-hybridized carbons (Fsp3) is 0.158. The predicted molar refractivity (Wildman–Crippen MR) is 188 cm³/mol. The number of nitrogens with zero attached hydrogens (tertiary/aromatic N) is 1. The summed E-state index contributed by atoms with van der Waals surface area (Å²) in [7, 11) is 1.59. The van der Waals surface area contributed by atoms with Crippen LogP contribution < -0.4 is 29.1 Å². The summed E-state index contributed by atoms with van der Waals surface area (Å²) in [5, 5.41) is 4.66. The van der Waals surface area contributed by atoms with Crippen molar-refractivity contribution in [2.45, 2.75) is 26.7 Å². The van der Waals surface area contributed by atoms with Crippen LogP contribution in [-0.4, -0.2) is 25.8 Å². The van der Waals surface area contributed by atoms with Gasteiger partial charge in [-0.15, -0.1) is 0 Å². The van der Waals surface area contributed by atoms with E-state index in [0.29, 0.717) is 59.7 Å². The van der Waals surface area contributed by atoms with Crippen LogP contribution in [0.3, 0.4) is 0 Å². The number of methoxy groups -OCH3 is 1. The molecule has 5 aromatic carbocycles. The number of carbonyl (C=O) groups excluding carboxylic acids is 1. The van der Waals surface area contributed by atoms with Gasteiger partial charge in [0.1, 0.15) is 19.8 Å². The zero-order valence-corrected chi connectivity index (χ0v) is 28.0. The molecule has 0 bridgehead atoms. The number of hydrogen-bond acceptors (Lipinski definition) is 7. The smallest absolute Gasteiger partial charge is 0.271 e. The van der Waals surface area contributed by atoms with E-state index in [1.165, 1.54) is 6.21 Å². The molecule has 0 aliphatic rings. The number of hydrazone groups is 1. The monoisotopic (exact) mass is 684 g/mol. The molecule has 1 amide bonds. The Morgan fingerprint density at radius 1 is 0.667 bits per heavy atom. The maximum Gasteiger partial charge on any atom is 0.271 e. The normalized spacial score (nSPS) is 10.8. The van der Waals surface area contributed by atoms with Crippen LogP contribution >= 0.6 is 23.2 Å². The van der Waals surface area contributed by atoms with E-state index in [1.54, 1.807) is 37.4 Å². The summed E-state index contributed by atoms with van der Waals surface area (Å²) in [6, 6.07) is 33.5. The van der Waals surface area contributed by atoms with Gasteiger partial charge in [0.25, 0.3) is 5.91 Å². The third-order valence-corrected chi connectivity index (χ3v) is 7.55. The molecule has 0 radical (unpaired) electrons. The first-order chi connectivity index (χ1) is 23.4. The van der Waals surface area contributed by atoms with Crippen LogP contribution in [0, 0.1) is 0 Å². The van der Waals surface area contributed by atoms with Crippen LogP contribution in [0.15, 0.2) is 114 Å². The molecule has 1 N–H and O–H groups in total. The Balaban J connectivity index is 1.17. The Morgan fingerprint density at radius 3 is 1.85 bits per heavy atom. The van der Waals surface area contributed by atoms with Crippen LogP contribution in [0.1, 0.15) is 39.5 Å². The molecule has 5 rings (SSSR count). The van der Waals surface area contributed by atoms with E-state index >= 15 is 0 Å². The quantitative estimate of drug-likeness (QED) is 0.0875. The lowest BCUT2D eigenvalue weighted by Crippen LogP contribution is -2.17. The largest absolute Gasteiger partial charge is 0.493 e. The van der Waals surface area contributed by atoms with Gasteiger partial charge in [0.05, 0.1) is 30.0 Å². The van der Waals surface area contributed by atoms with Crippen molar-refractivity contribution in [1.82, 2.24) is 5.43 Å². The lowest BCUT2D eigenvalue weighted by Gasteiger charge is -2.14. The van der Waals surface area contributed by atoms with Crippen LogP contribution in [0.25, 0.3) is 0 Å². The minimum atomic E-state index is -0.425. The number of nitrogens with one attached hydrogen (secondary N) is 1. The van der Waals surface area contributed by atoms with Gasteiger partial charge in [-0.25, -0.2) is 5.43 Å². The molecule has 246 valence electrons. The Kier molecular flexibility index (Phi) is 12.2. The highest BCUT2D eigenvalue weighted by Gasteiger charge is 2.14. The van der Waals surface area contributed by atoms with Crippen LogP contribution in [0.2, 0.25) is 10.0 Å². The summed E-state index contributed by atoms with van der Waals surface area (Å²) in [5.74, 6) is 2.10. The van der Waals surface area contributed by atoms with E-state index in [-0.39, 0.29) is 16.7 Å². The minimum Gasteiger partial charge on any atom is -0.493 e. The first kappa shape index (κ1) is 34.2. The van der Waals surface area contributed by atoms with Crippen molar-refractivity contribution in [2.75, 3.05) is 13.7 Å². The fourth-order valence-electron chi connectivity index (χ4n) is 4.61. The summed E-state index contributed by atoms with van der Waals surface area (Å²) in [4.78, 5) is 12.8. The van der Waals surface area contributed by atoms with Crippen molar-refractivity contribution in [3.05, 3.63) is 147 Å². The molecule has 5 aromatic rings. The third kappa shape index (κ3) is 9.44. The van der Waals surface area contributed by atoms with E-state index in [4.69, 9.17) is 46.9 Å². The maximum absolute atomic E-state index is 12.8. The molecule has 0 aliphatic heterocycles. The minimum absolute atomic E-state index is 0.193. The van der Waals surface area contributed by atoms with Crippen molar-refractivity contribution in [3.63, 3.8) is 0 Å². The van der Waals surface area contributed by atoms with Crippen LogP contribution in [-0.2, 0) is 19.8 Å². The van der Waals surface area contributed by atoms with Crippen LogP contribution in [0.5, 0.6) is 28.7 Å². The first-order valence-electron chi connectivity index (χ1n) is 15.2. The maximum atomic E-state index is 12.8. The summed E-state index contributed by atoms with van der Waals surface area (Å²) >= 11 is 13.0. The molecule has 0 heterocycles. The number of carbonyl (C=O) groups is 1. The van der Waals surface area contributed by atoms with Gasteiger partial charge in [-0.2, -0.15) is 5.10 Å². The number of hydrogen-bond donors (Lipinski definition) is 1. The van der Waals surface area contributed by atoms with Gasteiger partial charge in [-0.3, -0.25) is 4.79 Å². The van der Waals surface area contributed by atoms with Gasteiger partial charge in [0.15, 0.2) is 28.7 Å². The van der Waals surface area contributed by atoms with E-state index in [9.17, 15) is 4.79 Å². The SMILES string of the molecule is CCOc1cc(C(=O)N/N=C/c2cc(Cl)c(OCc3ccc(OCc4ccccc4)c(OC)c3)c(Cl)c2)ccc1OCc1ccccc1. The zero-order valence-electron chi connectivity index (χ0n) is 26.5. The summed E-state index contributed by atoms with van der Waals surface area (Å²) in [5.41, 5.74) is 6.36. The molecule has 0 saturated carbocycles. The number of halogens is 2. The summed E-state index contributed by atoms with van der Waals surface area (Å²) in [6.07, 6.45) is 1.44. The second-order valence-electron chi connectivity index (χ2n) is 10.4. The van der Waals surface area contributed by atoms with Crippen molar-refractivity contribution in [1.29, 1.82) is 0 Å². The fourth-order valence-corrected chi connectivity index (χ4v) is 5.22. The average molecular weight is 686 g/mol. The van der Waals surface area contributed by atoms with Gasteiger partial charge < -0.3 is 23.7 Å². The van der Waals surface area contributed by atoms with Crippen molar-refractivity contribution in [3.8, 4) is 28.7 Å². The molecule has 0 fully saturated rings. The highest BCUT2D eigenvalue weighted by atomic mass is 35.5. The Bertz CT molecular complexity index is 1830. The molecular weight excluding hydrogens is 651 g/mol. The molecule has 0 saturated heterocycles. The number of rotatable bonds is 15.